The van der Waals surface area contributed by atoms with Gasteiger partial charge in [-0.1, -0.05) is 68.4 Å². The van der Waals surface area contributed by atoms with Crippen LogP contribution in [0.15, 0.2) is 30.3 Å². The molecule has 134 valence electrons. The smallest absolute Gasteiger partial charge is 0.151 e. The van der Waals surface area contributed by atoms with Crippen LogP contribution in [-0.4, -0.2) is 12.4 Å². The van der Waals surface area contributed by atoms with Crippen molar-refractivity contribution in [3.05, 3.63) is 35.9 Å². The summed E-state index contributed by atoms with van der Waals surface area (Å²) in [5.41, 5.74) is 0.858. The van der Waals surface area contributed by atoms with Gasteiger partial charge in [-0.15, -0.1) is 0 Å². The standard InChI is InChI=1S/C23H30O2/c1-19-17-23(19,15-14-20-9-4-2-5-10-20)22(24)13-8-16-25-18-21-11-6-3-7-12-21/h3,6-7,11-12,19-20H,2,4-5,8-10,13,16-18H2,1H3/t19-,23-/m1/s1. The Hall–Kier alpha value is -1.59. The molecule has 0 heterocycles. The molecule has 0 spiro atoms. The molecular formula is C23H30O2. The average molecular weight is 338 g/mol. The molecule has 2 aliphatic carbocycles. The van der Waals surface area contributed by atoms with Gasteiger partial charge in [-0.25, -0.2) is 0 Å². The van der Waals surface area contributed by atoms with Crippen LogP contribution in [0.4, 0.5) is 0 Å². The fourth-order valence-electron chi connectivity index (χ4n) is 3.86. The highest BCUT2D eigenvalue weighted by atomic mass is 16.5. The lowest BCUT2D eigenvalue weighted by Gasteiger charge is -2.16. The summed E-state index contributed by atoms with van der Waals surface area (Å²) >= 11 is 0. The Kier molecular flexibility index (Phi) is 6.32. The molecule has 1 aromatic rings. The van der Waals surface area contributed by atoms with E-state index in [1.165, 1.54) is 37.7 Å². The van der Waals surface area contributed by atoms with Crippen molar-refractivity contribution in [2.24, 2.45) is 17.3 Å². The highest BCUT2D eigenvalue weighted by molar-refractivity contribution is 5.91. The molecule has 1 aromatic carbocycles. The summed E-state index contributed by atoms with van der Waals surface area (Å²) in [6.07, 6.45) is 8.74. The number of hydrogen-bond acceptors (Lipinski definition) is 2. The zero-order chi connectivity index (χ0) is 17.5. The van der Waals surface area contributed by atoms with Crippen LogP contribution in [0.25, 0.3) is 0 Å². The first kappa shape index (κ1) is 18.2. The van der Waals surface area contributed by atoms with Crippen molar-refractivity contribution in [1.82, 2.24) is 0 Å². The zero-order valence-electron chi connectivity index (χ0n) is 15.4. The fourth-order valence-corrected chi connectivity index (χ4v) is 3.86. The lowest BCUT2D eigenvalue weighted by molar-refractivity contribution is -0.123. The molecule has 0 N–H and O–H groups in total. The quantitative estimate of drug-likeness (QED) is 0.507. The van der Waals surface area contributed by atoms with Gasteiger partial charge in [-0.2, -0.15) is 0 Å². The molecule has 0 saturated heterocycles. The van der Waals surface area contributed by atoms with Crippen molar-refractivity contribution >= 4 is 5.78 Å². The number of benzene rings is 1. The molecular weight excluding hydrogens is 308 g/mol. The van der Waals surface area contributed by atoms with Crippen LogP contribution in [0.3, 0.4) is 0 Å². The van der Waals surface area contributed by atoms with Crippen molar-refractivity contribution in [3.8, 4) is 11.8 Å². The molecule has 0 radical (unpaired) electrons. The fraction of sp³-hybridized carbons (Fsp3) is 0.609. The Morgan fingerprint density at radius 1 is 1.20 bits per heavy atom. The second kappa shape index (κ2) is 8.68. The van der Waals surface area contributed by atoms with E-state index < -0.39 is 0 Å². The highest BCUT2D eigenvalue weighted by Crippen LogP contribution is 2.53. The number of hydrogen-bond donors (Lipinski definition) is 0. The molecule has 2 fully saturated rings. The molecule has 25 heavy (non-hydrogen) atoms. The Morgan fingerprint density at radius 3 is 2.60 bits per heavy atom. The molecule has 2 nitrogen and oxygen atoms in total. The maximum Gasteiger partial charge on any atom is 0.151 e. The number of carbonyl (C=O) groups is 1. The minimum atomic E-state index is -0.323. The minimum absolute atomic E-state index is 0.323. The normalized spacial score (nSPS) is 25.9. The minimum Gasteiger partial charge on any atom is -0.377 e. The third-order valence-electron chi connectivity index (χ3n) is 5.72. The Balaban J connectivity index is 1.41. The predicted molar refractivity (Wildman–Crippen MR) is 101 cm³/mol. The first-order valence-electron chi connectivity index (χ1n) is 9.88. The summed E-state index contributed by atoms with van der Waals surface area (Å²) in [6, 6.07) is 10.2. The van der Waals surface area contributed by atoms with E-state index in [0.29, 0.717) is 37.3 Å². The van der Waals surface area contributed by atoms with E-state index >= 15 is 0 Å². The van der Waals surface area contributed by atoms with Gasteiger partial charge in [0.2, 0.25) is 0 Å². The van der Waals surface area contributed by atoms with E-state index in [9.17, 15) is 4.79 Å². The summed E-state index contributed by atoms with van der Waals surface area (Å²) in [7, 11) is 0. The molecule has 2 saturated carbocycles. The van der Waals surface area contributed by atoms with Gasteiger partial charge in [0.15, 0.2) is 5.78 Å². The van der Waals surface area contributed by atoms with Crippen molar-refractivity contribution in [2.75, 3.05) is 6.61 Å². The monoisotopic (exact) mass is 338 g/mol. The van der Waals surface area contributed by atoms with Crippen LogP contribution < -0.4 is 0 Å². The van der Waals surface area contributed by atoms with Crippen LogP contribution in [0, 0.1) is 29.1 Å². The van der Waals surface area contributed by atoms with Crippen molar-refractivity contribution < 1.29 is 9.53 Å². The highest BCUT2D eigenvalue weighted by Gasteiger charge is 2.55. The maximum absolute atomic E-state index is 12.7. The van der Waals surface area contributed by atoms with Crippen molar-refractivity contribution in [1.29, 1.82) is 0 Å². The molecule has 0 unspecified atom stereocenters. The number of ketones is 1. The van der Waals surface area contributed by atoms with E-state index in [2.05, 4.69) is 30.9 Å². The van der Waals surface area contributed by atoms with Crippen molar-refractivity contribution in [3.63, 3.8) is 0 Å². The Bertz CT molecular complexity index is 618. The van der Waals surface area contributed by atoms with Crippen LogP contribution in [0.5, 0.6) is 0 Å². The number of rotatable bonds is 7. The maximum atomic E-state index is 12.7. The van der Waals surface area contributed by atoms with Crippen molar-refractivity contribution in [2.45, 2.75) is 64.9 Å². The SMILES string of the molecule is C[C@@H]1C[C@@]1(C#CC1CCCCC1)C(=O)CCCOCc1ccccc1. The first-order valence-corrected chi connectivity index (χ1v) is 9.88. The predicted octanol–water partition coefficient (Wildman–Crippen LogP) is 5.16. The summed E-state index contributed by atoms with van der Waals surface area (Å²) in [6.45, 7) is 3.43. The molecule has 2 aliphatic rings. The summed E-state index contributed by atoms with van der Waals surface area (Å²) in [5, 5.41) is 0. The third kappa shape index (κ3) is 4.95. The topological polar surface area (TPSA) is 26.3 Å². The summed E-state index contributed by atoms with van der Waals surface area (Å²) in [5.74, 6) is 8.17. The number of carbonyl (C=O) groups excluding carboxylic acids is 1. The molecule has 3 rings (SSSR count). The van der Waals surface area contributed by atoms with Gasteiger partial charge in [0, 0.05) is 18.9 Å². The number of ether oxygens (including phenoxy) is 1. The molecule has 0 bridgehead atoms. The second-order valence-corrected chi connectivity index (χ2v) is 7.75. The van der Waals surface area contributed by atoms with Gasteiger partial charge in [0.05, 0.1) is 12.0 Å². The number of Topliss-reactive ketones (excluding diaryl/α,β-unsaturated/α-hetero) is 1. The Labute approximate surface area is 152 Å². The van der Waals surface area contributed by atoms with Gasteiger partial charge < -0.3 is 4.74 Å². The second-order valence-electron chi connectivity index (χ2n) is 7.75. The van der Waals surface area contributed by atoms with E-state index in [1.54, 1.807) is 0 Å². The molecule has 2 heteroatoms. The van der Waals surface area contributed by atoms with Crippen LogP contribution >= 0.6 is 0 Å². The first-order chi connectivity index (χ1) is 12.2. The van der Waals surface area contributed by atoms with E-state index in [1.807, 2.05) is 18.2 Å². The van der Waals surface area contributed by atoms with Crippen LogP contribution in [0.1, 0.15) is 63.9 Å². The molecule has 0 amide bonds. The lowest BCUT2D eigenvalue weighted by Crippen LogP contribution is -2.17. The van der Waals surface area contributed by atoms with Crippen LogP contribution in [-0.2, 0) is 16.1 Å². The van der Waals surface area contributed by atoms with E-state index in [0.717, 1.165) is 12.8 Å². The molecule has 2 atom stereocenters. The van der Waals surface area contributed by atoms with Crippen LogP contribution in [0.2, 0.25) is 0 Å². The van der Waals surface area contributed by atoms with Gasteiger partial charge in [0.1, 0.15) is 0 Å². The Morgan fingerprint density at radius 2 is 1.92 bits per heavy atom. The largest absolute Gasteiger partial charge is 0.377 e. The van der Waals surface area contributed by atoms with E-state index in [4.69, 9.17) is 4.74 Å². The molecule has 0 aliphatic heterocycles. The van der Waals surface area contributed by atoms with Gasteiger partial charge in [0.25, 0.3) is 0 Å². The van der Waals surface area contributed by atoms with E-state index in [-0.39, 0.29) is 5.41 Å². The van der Waals surface area contributed by atoms with Gasteiger partial charge >= 0.3 is 0 Å². The average Bonchev–Trinajstić information content (AvgIpc) is 3.32. The lowest BCUT2D eigenvalue weighted by atomic mass is 9.88. The summed E-state index contributed by atoms with van der Waals surface area (Å²) < 4.78 is 5.70. The third-order valence-corrected chi connectivity index (χ3v) is 5.72. The molecule has 0 aromatic heterocycles. The zero-order valence-corrected chi connectivity index (χ0v) is 15.4. The van der Waals surface area contributed by atoms with Gasteiger partial charge in [-0.05, 0) is 37.2 Å². The summed E-state index contributed by atoms with van der Waals surface area (Å²) in [4.78, 5) is 12.7. The van der Waals surface area contributed by atoms with Gasteiger partial charge in [-0.3, -0.25) is 4.79 Å².